The van der Waals surface area contributed by atoms with Crippen LogP contribution in [0, 0.1) is 0 Å². The number of aliphatic hydroxyl groups is 1. The second-order valence-corrected chi connectivity index (χ2v) is 4.82. The lowest BCUT2D eigenvalue weighted by Crippen LogP contribution is -2.21. The molecule has 0 aliphatic carbocycles. The predicted molar refractivity (Wildman–Crippen MR) is 81.2 cm³/mol. The molecule has 0 saturated carbocycles. The maximum atomic E-state index is 9.10. The number of aliphatic hydroxyl groups excluding tert-OH is 1. The molecule has 0 amide bonds. The molecule has 20 heavy (non-hydrogen) atoms. The fourth-order valence-electron chi connectivity index (χ4n) is 2.09. The molecular weight excluding hydrogens is 254 g/mol. The lowest BCUT2D eigenvalue weighted by Gasteiger charge is -2.17. The van der Waals surface area contributed by atoms with Crippen molar-refractivity contribution >= 4 is 17.3 Å². The molecule has 2 heterocycles. The monoisotopic (exact) mass is 277 g/mol. The van der Waals surface area contributed by atoms with Crippen LogP contribution in [0.4, 0.5) is 11.6 Å². The molecule has 0 aliphatic heterocycles. The minimum absolute atomic E-state index is 0.171. The van der Waals surface area contributed by atoms with Crippen molar-refractivity contribution in [3.05, 3.63) is 18.6 Å². The number of hydrogen-bond acceptors (Lipinski definition) is 5. The van der Waals surface area contributed by atoms with Crippen molar-refractivity contribution in [2.24, 2.45) is 0 Å². The molecular formula is C14H23N5O. The van der Waals surface area contributed by atoms with Crippen LogP contribution < -0.4 is 10.6 Å². The number of rotatable bonds is 8. The van der Waals surface area contributed by atoms with Crippen molar-refractivity contribution in [1.82, 2.24) is 14.4 Å². The van der Waals surface area contributed by atoms with Crippen molar-refractivity contribution in [2.45, 2.75) is 39.2 Å². The molecule has 0 bridgehead atoms. The summed E-state index contributed by atoms with van der Waals surface area (Å²) in [6.07, 6.45) is 8.30. The van der Waals surface area contributed by atoms with Gasteiger partial charge in [-0.2, -0.15) is 0 Å². The summed E-state index contributed by atoms with van der Waals surface area (Å²) in [5.74, 6) is 1.59. The van der Waals surface area contributed by atoms with Gasteiger partial charge in [0, 0.05) is 31.6 Å². The van der Waals surface area contributed by atoms with Gasteiger partial charge in [-0.3, -0.25) is 0 Å². The minimum atomic E-state index is 0.171. The van der Waals surface area contributed by atoms with Gasteiger partial charge in [0.05, 0.1) is 6.20 Å². The second kappa shape index (κ2) is 7.09. The van der Waals surface area contributed by atoms with Crippen LogP contribution in [0.1, 0.15) is 33.1 Å². The predicted octanol–water partition coefficient (Wildman–Crippen LogP) is 2.12. The van der Waals surface area contributed by atoms with Crippen LogP contribution >= 0.6 is 0 Å². The summed E-state index contributed by atoms with van der Waals surface area (Å²) in [7, 11) is 0. The topological polar surface area (TPSA) is 74.5 Å². The van der Waals surface area contributed by atoms with Crippen LogP contribution in [0.25, 0.3) is 5.65 Å². The van der Waals surface area contributed by atoms with Gasteiger partial charge in [0.1, 0.15) is 5.82 Å². The minimum Gasteiger partial charge on any atom is -0.396 e. The summed E-state index contributed by atoms with van der Waals surface area (Å²) < 4.78 is 1.96. The van der Waals surface area contributed by atoms with E-state index in [1.165, 1.54) is 0 Å². The van der Waals surface area contributed by atoms with Crippen LogP contribution in [-0.2, 0) is 0 Å². The summed E-state index contributed by atoms with van der Waals surface area (Å²) in [5, 5.41) is 15.8. The Morgan fingerprint density at radius 2 is 2.25 bits per heavy atom. The van der Waals surface area contributed by atoms with Crippen LogP contribution in [0.3, 0.4) is 0 Å². The Morgan fingerprint density at radius 1 is 1.40 bits per heavy atom. The molecule has 2 aromatic rings. The Labute approximate surface area is 119 Å². The van der Waals surface area contributed by atoms with Crippen molar-refractivity contribution in [3.63, 3.8) is 0 Å². The average Bonchev–Trinajstić information content (AvgIpc) is 2.93. The van der Waals surface area contributed by atoms with E-state index in [-0.39, 0.29) is 12.6 Å². The Morgan fingerprint density at radius 3 is 2.95 bits per heavy atom. The van der Waals surface area contributed by atoms with Gasteiger partial charge < -0.3 is 20.1 Å². The third kappa shape index (κ3) is 3.39. The first-order valence-corrected chi connectivity index (χ1v) is 7.23. The highest BCUT2D eigenvalue weighted by atomic mass is 16.3. The van der Waals surface area contributed by atoms with Crippen LogP contribution in [0.15, 0.2) is 18.6 Å². The van der Waals surface area contributed by atoms with E-state index >= 15 is 0 Å². The first-order chi connectivity index (χ1) is 9.78. The average molecular weight is 277 g/mol. The lowest BCUT2D eigenvalue weighted by atomic mass is 10.1. The maximum Gasteiger partial charge on any atom is 0.180 e. The molecule has 0 saturated heterocycles. The standard InChI is InChI=1S/C14H23N5O/c1-3-6-15-12-10-19-8-7-16-14(19)13(18-12)17-11(4-2)5-9-20/h7-8,10-11,15,20H,3-6,9H2,1-2H3,(H,17,18). The second-order valence-electron chi connectivity index (χ2n) is 4.82. The number of nitrogens with one attached hydrogen (secondary N) is 2. The van der Waals surface area contributed by atoms with E-state index in [0.29, 0.717) is 6.42 Å². The number of anilines is 2. The number of aromatic nitrogens is 3. The fourth-order valence-corrected chi connectivity index (χ4v) is 2.09. The molecule has 110 valence electrons. The van der Waals surface area contributed by atoms with Crippen LogP contribution in [0.2, 0.25) is 0 Å². The van der Waals surface area contributed by atoms with Gasteiger partial charge in [0.2, 0.25) is 0 Å². The van der Waals surface area contributed by atoms with Crippen molar-refractivity contribution in [1.29, 1.82) is 0 Å². The first kappa shape index (κ1) is 14.6. The van der Waals surface area contributed by atoms with E-state index < -0.39 is 0 Å². The van der Waals surface area contributed by atoms with E-state index in [0.717, 1.165) is 36.7 Å². The molecule has 0 aromatic carbocycles. The van der Waals surface area contributed by atoms with E-state index in [1.54, 1.807) is 6.20 Å². The van der Waals surface area contributed by atoms with Gasteiger partial charge in [-0.1, -0.05) is 13.8 Å². The molecule has 3 N–H and O–H groups in total. The van der Waals surface area contributed by atoms with Crippen molar-refractivity contribution < 1.29 is 5.11 Å². The highest BCUT2D eigenvalue weighted by Crippen LogP contribution is 2.18. The molecule has 0 fully saturated rings. The Kier molecular flexibility index (Phi) is 5.17. The quantitative estimate of drug-likeness (QED) is 0.689. The van der Waals surface area contributed by atoms with Gasteiger partial charge in [-0.15, -0.1) is 0 Å². The summed E-state index contributed by atoms with van der Waals surface area (Å²) in [6.45, 7) is 5.27. The Hall–Kier alpha value is -1.82. The third-order valence-electron chi connectivity index (χ3n) is 3.24. The number of hydrogen-bond donors (Lipinski definition) is 3. The largest absolute Gasteiger partial charge is 0.396 e. The zero-order valence-electron chi connectivity index (χ0n) is 12.1. The highest BCUT2D eigenvalue weighted by molar-refractivity contribution is 5.65. The number of fused-ring (bicyclic) bond motifs is 1. The third-order valence-corrected chi connectivity index (χ3v) is 3.24. The van der Waals surface area contributed by atoms with E-state index in [9.17, 15) is 0 Å². The highest BCUT2D eigenvalue weighted by Gasteiger charge is 2.11. The molecule has 0 spiro atoms. The smallest absolute Gasteiger partial charge is 0.180 e. The summed E-state index contributed by atoms with van der Waals surface area (Å²) in [4.78, 5) is 8.93. The van der Waals surface area contributed by atoms with E-state index in [1.807, 2.05) is 16.8 Å². The lowest BCUT2D eigenvalue weighted by molar-refractivity contribution is 0.278. The van der Waals surface area contributed by atoms with Gasteiger partial charge in [-0.05, 0) is 19.3 Å². The molecule has 0 radical (unpaired) electrons. The molecule has 0 aliphatic rings. The Bertz CT molecular complexity index is 539. The van der Waals surface area contributed by atoms with Crippen LogP contribution in [0.5, 0.6) is 0 Å². The Balaban J connectivity index is 2.26. The molecule has 6 heteroatoms. The molecule has 2 rings (SSSR count). The zero-order valence-corrected chi connectivity index (χ0v) is 12.1. The van der Waals surface area contributed by atoms with Gasteiger partial charge >= 0.3 is 0 Å². The van der Waals surface area contributed by atoms with Gasteiger partial charge in [0.15, 0.2) is 11.5 Å². The number of imidazole rings is 1. The van der Waals surface area contributed by atoms with Crippen LogP contribution in [-0.4, -0.2) is 38.7 Å². The van der Waals surface area contributed by atoms with E-state index in [4.69, 9.17) is 5.11 Å². The number of nitrogens with zero attached hydrogens (tertiary/aromatic N) is 3. The fraction of sp³-hybridized carbons (Fsp3) is 0.571. The SMILES string of the molecule is CCCNc1cn2ccnc2c(NC(CC)CCO)n1. The maximum absolute atomic E-state index is 9.10. The zero-order chi connectivity index (χ0) is 14.4. The van der Waals surface area contributed by atoms with Gasteiger partial charge in [0.25, 0.3) is 0 Å². The molecule has 2 aromatic heterocycles. The summed E-state index contributed by atoms with van der Waals surface area (Å²) in [6, 6.07) is 0.203. The van der Waals surface area contributed by atoms with Gasteiger partial charge in [-0.25, -0.2) is 9.97 Å². The van der Waals surface area contributed by atoms with Crippen molar-refractivity contribution in [3.8, 4) is 0 Å². The molecule has 1 unspecified atom stereocenters. The summed E-state index contributed by atoms with van der Waals surface area (Å²) >= 11 is 0. The molecule has 6 nitrogen and oxygen atoms in total. The van der Waals surface area contributed by atoms with Crippen molar-refractivity contribution in [2.75, 3.05) is 23.8 Å². The molecule has 1 atom stereocenters. The van der Waals surface area contributed by atoms with E-state index in [2.05, 4.69) is 34.4 Å². The normalized spacial score (nSPS) is 12.6. The summed E-state index contributed by atoms with van der Waals surface area (Å²) in [5.41, 5.74) is 0.809. The first-order valence-electron chi connectivity index (χ1n) is 7.23.